The van der Waals surface area contributed by atoms with E-state index in [0.717, 1.165) is 0 Å². The Kier molecular flexibility index (Phi) is 4.71. The van der Waals surface area contributed by atoms with Crippen LogP contribution in [0.15, 0.2) is 30.3 Å². The van der Waals surface area contributed by atoms with E-state index in [1.165, 1.54) is 14.2 Å². The molecule has 1 aromatic rings. The second-order valence-corrected chi connectivity index (χ2v) is 3.19. The lowest BCUT2D eigenvalue weighted by Crippen LogP contribution is -2.35. The van der Waals surface area contributed by atoms with Crippen LogP contribution in [0, 0.1) is 0 Å². The summed E-state index contributed by atoms with van der Waals surface area (Å²) in [6.07, 6.45) is -2.96. The van der Waals surface area contributed by atoms with Gasteiger partial charge in [0.2, 0.25) is 0 Å². The lowest BCUT2D eigenvalue weighted by molar-refractivity contribution is -0.191. The fourth-order valence-corrected chi connectivity index (χ4v) is 1.37. The van der Waals surface area contributed by atoms with Gasteiger partial charge >= 0.3 is 0 Å². The van der Waals surface area contributed by atoms with Crippen LogP contribution in [0.3, 0.4) is 0 Å². The number of rotatable bonds is 5. The van der Waals surface area contributed by atoms with E-state index in [2.05, 4.69) is 0 Å². The van der Waals surface area contributed by atoms with Crippen molar-refractivity contribution in [3.05, 3.63) is 35.9 Å². The van der Waals surface area contributed by atoms with E-state index in [0.29, 0.717) is 5.56 Å². The molecule has 0 saturated carbocycles. The molecular formula is C11H16O4. The van der Waals surface area contributed by atoms with Gasteiger partial charge in [0.05, 0.1) is 0 Å². The smallest absolute Gasteiger partial charge is 0.185 e. The molecule has 2 N–H and O–H groups in total. The van der Waals surface area contributed by atoms with Gasteiger partial charge in [0.25, 0.3) is 0 Å². The Bertz CT molecular complexity index is 271. The molecule has 15 heavy (non-hydrogen) atoms. The van der Waals surface area contributed by atoms with Gasteiger partial charge in [-0.25, -0.2) is 0 Å². The molecule has 0 saturated heterocycles. The first-order chi connectivity index (χ1) is 7.20. The lowest BCUT2D eigenvalue weighted by atomic mass is 10.0. The van der Waals surface area contributed by atoms with E-state index in [4.69, 9.17) is 9.47 Å². The van der Waals surface area contributed by atoms with Gasteiger partial charge in [-0.2, -0.15) is 0 Å². The molecule has 1 aromatic carbocycles. The molecule has 0 fully saturated rings. The normalized spacial score (nSPS) is 15.3. The largest absolute Gasteiger partial charge is 0.385 e. The average Bonchev–Trinajstić information content (AvgIpc) is 2.30. The van der Waals surface area contributed by atoms with Gasteiger partial charge in [0.15, 0.2) is 6.29 Å². The van der Waals surface area contributed by atoms with Crippen LogP contribution in [-0.4, -0.2) is 36.8 Å². The van der Waals surface area contributed by atoms with Gasteiger partial charge < -0.3 is 19.7 Å². The van der Waals surface area contributed by atoms with Crippen molar-refractivity contribution in [3.8, 4) is 0 Å². The average molecular weight is 212 g/mol. The Morgan fingerprint density at radius 2 is 1.53 bits per heavy atom. The molecule has 0 aliphatic rings. The van der Waals surface area contributed by atoms with Crippen molar-refractivity contribution in [2.75, 3.05) is 14.2 Å². The molecule has 0 bridgehead atoms. The summed E-state index contributed by atoms with van der Waals surface area (Å²) in [5.41, 5.74) is 0.629. The summed E-state index contributed by atoms with van der Waals surface area (Å²) in [6.45, 7) is 0. The van der Waals surface area contributed by atoms with E-state index in [9.17, 15) is 10.2 Å². The maximum absolute atomic E-state index is 9.81. The van der Waals surface area contributed by atoms with E-state index < -0.39 is 18.5 Å². The lowest BCUT2D eigenvalue weighted by Gasteiger charge is -2.24. The maximum atomic E-state index is 9.81. The number of hydrogen-bond acceptors (Lipinski definition) is 4. The van der Waals surface area contributed by atoms with E-state index >= 15 is 0 Å². The molecule has 0 aromatic heterocycles. The monoisotopic (exact) mass is 212 g/mol. The molecule has 1 rings (SSSR count). The summed E-state index contributed by atoms with van der Waals surface area (Å²) in [5, 5.41) is 19.5. The molecule has 4 nitrogen and oxygen atoms in total. The second-order valence-electron chi connectivity index (χ2n) is 3.19. The van der Waals surface area contributed by atoms with Gasteiger partial charge in [0.1, 0.15) is 12.2 Å². The Morgan fingerprint density at radius 3 is 2.00 bits per heavy atom. The van der Waals surface area contributed by atoms with Gasteiger partial charge in [-0.1, -0.05) is 30.3 Å². The number of ether oxygens (including phenoxy) is 2. The molecule has 0 unspecified atom stereocenters. The van der Waals surface area contributed by atoms with E-state index in [-0.39, 0.29) is 0 Å². The highest BCUT2D eigenvalue weighted by Crippen LogP contribution is 2.19. The van der Waals surface area contributed by atoms with E-state index in [1.54, 1.807) is 24.3 Å². The molecule has 4 heteroatoms. The van der Waals surface area contributed by atoms with Gasteiger partial charge in [-0.05, 0) is 5.56 Å². The molecule has 0 radical (unpaired) electrons. The molecule has 2 atom stereocenters. The number of aliphatic hydroxyl groups is 2. The van der Waals surface area contributed by atoms with Gasteiger partial charge in [-0.3, -0.25) is 0 Å². The van der Waals surface area contributed by atoms with Crippen molar-refractivity contribution in [3.63, 3.8) is 0 Å². The zero-order valence-corrected chi connectivity index (χ0v) is 8.83. The third-order valence-electron chi connectivity index (χ3n) is 2.21. The summed E-state index contributed by atoms with van der Waals surface area (Å²) in [4.78, 5) is 0. The third-order valence-corrected chi connectivity index (χ3v) is 2.21. The van der Waals surface area contributed by atoms with Crippen LogP contribution in [0.25, 0.3) is 0 Å². The number of benzene rings is 1. The topological polar surface area (TPSA) is 58.9 Å². The van der Waals surface area contributed by atoms with Crippen LogP contribution in [0.4, 0.5) is 0 Å². The standard InChI is InChI=1S/C11H16O4/c1-14-11(15-2)10(13)9(12)8-6-4-3-5-7-8/h3-7,9-13H,1-2H3/t9-,10-/m0/s1. The van der Waals surface area contributed by atoms with Crippen molar-refractivity contribution in [1.29, 1.82) is 0 Å². The second kappa shape index (κ2) is 5.82. The van der Waals surface area contributed by atoms with Gasteiger partial charge in [-0.15, -0.1) is 0 Å². The van der Waals surface area contributed by atoms with E-state index in [1.807, 2.05) is 6.07 Å². The summed E-state index contributed by atoms with van der Waals surface area (Å²) >= 11 is 0. The van der Waals surface area contributed by atoms with Crippen molar-refractivity contribution < 1.29 is 19.7 Å². The Balaban J connectivity index is 2.71. The molecule has 0 heterocycles. The Hall–Kier alpha value is -0.940. The highest BCUT2D eigenvalue weighted by molar-refractivity contribution is 5.18. The number of aliphatic hydroxyl groups excluding tert-OH is 2. The minimum atomic E-state index is -1.11. The Labute approximate surface area is 89.1 Å². The highest BCUT2D eigenvalue weighted by Gasteiger charge is 2.27. The molecule has 84 valence electrons. The summed E-state index contributed by atoms with van der Waals surface area (Å²) in [6, 6.07) is 8.89. The Morgan fingerprint density at radius 1 is 1.00 bits per heavy atom. The van der Waals surface area contributed by atoms with Crippen LogP contribution in [0.2, 0.25) is 0 Å². The third kappa shape index (κ3) is 3.00. The first-order valence-electron chi connectivity index (χ1n) is 4.67. The number of hydrogen-bond donors (Lipinski definition) is 2. The SMILES string of the molecule is COC(OC)[C@@H](O)[C@@H](O)c1ccccc1. The van der Waals surface area contributed by atoms with Crippen molar-refractivity contribution in [2.24, 2.45) is 0 Å². The zero-order chi connectivity index (χ0) is 11.3. The highest BCUT2D eigenvalue weighted by atomic mass is 16.7. The van der Waals surface area contributed by atoms with Crippen molar-refractivity contribution in [1.82, 2.24) is 0 Å². The first-order valence-corrected chi connectivity index (χ1v) is 4.67. The molecular weight excluding hydrogens is 196 g/mol. The fraction of sp³-hybridized carbons (Fsp3) is 0.455. The zero-order valence-electron chi connectivity index (χ0n) is 8.83. The molecule has 0 aliphatic carbocycles. The van der Waals surface area contributed by atoms with Crippen LogP contribution >= 0.6 is 0 Å². The summed E-state index contributed by atoms with van der Waals surface area (Å²) in [5.74, 6) is 0. The first kappa shape index (κ1) is 12.1. The predicted octanol–water partition coefficient (Wildman–Crippen LogP) is 0.700. The van der Waals surface area contributed by atoms with Crippen LogP contribution in [0.5, 0.6) is 0 Å². The van der Waals surface area contributed by atoms with Crippen LogP contribution < -0.4 is 0 Å². The van der Waals surface area contributed by atoms with Crippen LogP contribution in [0.1, 0.15) is 11.7 Å². The molecule has 0 spiro atoms. The maximum Gasteiger partial charge on any atom is 0.185 e. The van der Waals surface area contributed by atoms with Gasteiger partial charge in [0, 0.05) is 14.2 Å². The minimum Gasteiger partial charge on any atom is -0.385 e. The van der Waals surface area contributed by atoms with Crippen molar-refractivity contribution >= 4 is 0 Å². The van der Waals surface area contributed by atoms with Crippen LogP contribution in [-0.2, 0) is 9.47 Å². The van der Waals surface area contributed by atoms with Crippen molar-refractivity contribution in [2.45, 2.75) is 18.5 Å². The predicted molar refractivity (Wildman–Crippen MR) is 55.2 cm³/mol. The number of methoxy groups -OCH3 is 2. The molecule has 0 amide bonds. The quantitative estimate of drug-likeness (QED) is 0.705. The summed E-state index contributed by atoms with van der Waals surface area (Å²) < 4.78 is 9.74. The fourth-order valence-electron chi connectivity index (χ4n) is 1.37. The summed E-state index contributed by atoms with van der Waals surface area (Å²) in [7, 11) is 2.82. The minimum absolute atomic E-state index is 0.629. The molecule has 0 aliphatic heterocycles.